The number of aromatic nitrogens is 2. The summed E-state index contributed by atoms with van der Waals surface area (Å²) in [5, 5.41) is 0. The lowest BCUT2D eigenvalue weighted by Gasteiger charge is -2.02. The van der Waals surface area contributed by atoms with Crippen molar-refractivity contribution in [1.29, 1.82) is 0 Å². The number of hydrogen-bond acceptors (Lipinski definition) is 2. The van der Waals surface area contributed by atoms with Crippen molar-refractivity contribution < 1.29 is 4.74 Å². The molecule has 0 amide bonds. The molecule has 62 valence electrons. The third kappa shape index (κ3) is 2.28. The zero-order chi connectivity index (χ0) is 8.27. The summed E-state index contributed by atoms with van der Waals surface area (Å²) in [6, 6.07) is 0. The lowest BCUT2D eigenvalue weighted by Crippen LogP contribution is -2.00. The van der Waals surface area contributed by atoms with Crippen molar-refractivity contribution in [2.24, 2.45) is 0 Å². The fraction of sp³-hybridized carbons (Fsp3) is 0.500. The van der Waals surface area contributed by atoms with Gasteiger partial charge in [-0.25, -0.2) is 4.98 Å². The lowest BCUT2D eigenvalue weighted by molar-refractivity contribution is 0.0863. The van der Waals surface area contributed by atoms with E-state index in [2.05, 4.69) is 36.8 Å². The van der Waals surface area contributed by atoms with Gasteiger partial charge < -0.3 is 9.30 Å². The van der Waals surface area contributed by atoms with Crippen LogP contribution in [0.25, 0.3) is 0 Å². The van der Waals surface area contributed by atoms with Crippen LogP contribution >= 0.6 is 31.9 Å². The highest BCUT2D eigenvalue weighted by molar-refractivity contribution is 9.13. The minimum atomic E-state index is 0.537. The minimum Gasteiger partial charge on any atom is -0.361 e. The van der Waals surface area contributed by atoms with Crippen molar-refractivity contribution in [2.75, 3.05) is 6.61 Å². The van der Waals surface area contributed by atoms with Gasteiger partial charge in [0.15, 0.2) is 0 Å². The molecule has 3 nitrogen and oxygen atoms in total. The van der Waals surface area contributed by atoms with Gasteiger partial charge in [-0.3, -0.25) is 0 Å². The van der Waals surface area contributed by atoms with Crippen LogP contribution in [0.5, 0.6) is 0 Å². The molecule has 5 heteroatoms. The largest absolute Gasteiger partial charge is 0.361 e. The van der Waals surface area contributed by atoms with Crippen molar-refractivity contribution in [3.63, 3.8) is 0 Å². The van der Waals surface area contributed by atoms with Gasteiger partial charge in [-0.05, 0) is 38.8 Å². The van der Waals surface area contributed by atoms with Crippen molar-refractivity contribution in [3.8, 4) is 0 Å². The Kier molecular flexibility index (Phi) is 3.54. The van der Waals surface area contributed by atoms with E-state index in [0.29, 0.717) is 13.3 Å². The Bertz CT molecular complexity index is 236. The highest BCUT2D eigenvalue weighted by atomic mass is 79.9. The summed E-state index contributed by atoms with van der Waals surface area (Å²) >= 11 is 6.63. The molecular weight excluding hydrogens is 276 g/mol. The molecule has 0 aliphatic carbocycles. The maximum absolute atomic E-state index is 5.19. The summed E-state index contributed by atoms with van der Waals surface area (Å²) in [6.07, 6.45) is 1.71. The smallest absolute Gasteiger partial charge is 0.138 e. The van der Waals surface area contributed by atoms with Gasteiger partial charge in [-0.2, -0.15) is 0 Å². The third-order valence-corrected chi connectivity index (χ3v) is 3.11. The molecule has 0 aromatic carbocycles. The lowest BCUT2D eigenvalue weighted by atomic mass is 10.8. The maximum atomic E-state index is 5.19. The summed E-state index contributed by atoms with van der Waals surface area (Å²) in [5.74, 6) is 0. The Labute approximate surface area is 82.0 Å². The van der Waals surface area contributed by atoms with E-state index < -0.39 is 0 Å². The third-order valence-electron chi connectivity index (χ3n) is 1.17. The molecule has 0 aliphatic heterocycles. The van der Waals surface area contributed by atoms with Crippen LogP contribution in [0, 0.1) is 0 Å². The van der Waals surface area contributed by atoms with E-state index in [4.69, 9.17) is 4.74 Å². The van der Waals surface area contributed by atoms with Crippen molar-refractivity contribution in [2.45, 2.75) is 13.7 Å². The van der Waals surface area contributed by atoms with Gasteiger partial charge in [-0.1, -0.05) is 0 Å². The Balaban J connectivity index is 2.63. The summed E-state index contributed by atoms with van der Waals surface area (Å²) in [6.45, 7) is 3.21. The Hall–Kier alpha value is 0.130. The summed E-state index contributed by atoms with van der Waals surface area (Å²) in [7, 11) is 0. The van der Waals surface area contributed by atoms with Crippen molar-refractivity contribution in [1.82, 2.24) is 9.55 Å². The average molecular weight is 284 g/mol. The van der Waals surface area contributed by atoms with Crippen LogP contribution in [0.3, 0.4) is 0 Å². The van der Waals surface area contributed by atoms with Gasteiger partial charge in [0, 0.05) is 6.61 Å². The van der Waals surface area contributed by atoms with Crippen LogP contribution in [0.1, 0.15) is 6.92 Å². The molecule has 0 fully saturated rings. The molecule has 1 rings (SSSR count). The monoisotopic (exact) mass is 282 g/mol. The second-order valence-electron chi connectivity index (χ2n) is 1.92. The molecule has 0 spiro atoms. The molecule has 0 radical (unpaired) electrons. The Morgan fingerprint density at radius 1 is 1.64 bits per heavy atom. The van der Waals surface area contributed by atoms with E-state index >= 15 is 0 Å². The zero-order valence-electron chi connectivity index (χ0n) is 6.05. The van der Waals surface area contributed by atoms with Gasteiger partial charge in [0.25, 0.3) is 0 Å². The quantitative estimate of drug-likeness (QED) is 0.852. The first kappa shape index (κ1) is 9.22. The molecule has 0 bridgehead atoms. The molecule has 0 saturated heterocycles. The predicted octanol–water partition coefficient (Wildman–Crippen LogP) is 2.40. The van der Waals surface area contributed by atoms with Gasteiger partial charge in [-0.15, -0.1) is 0 Å². The first-order valence-electron chi connectivity index (χ1n) is 3.19. The molecule has 1 heterocycles. The van der Waals surface area contributed by atoms with Crippen LogP contribution in [-0.4, -0.2) is 16.2 Å². The summed E-state index contributed by atoms with van der Waals surface area (Å²) < 4.78 is 8.77. The molecule has 0 atom stereocenters. The minimum absolute atomic E-state index is 0.537. The second kappa shape index (κ2) is 4.23. The second-order valence-corrected chi connectivity index (χ2v) is 3.42. The van der Waals surface area contributed by atoms with Gasteiger partial charge in [0.2, 0.25) is 0 Å². The number of halogens is 2. The van der Waals surface area contributed by atoms with Crippen LogP contribution in [0.15, 0.2) is 15.5 Å². The fourth-order valence-corrected chi connectivity index (χ4v) is 1.24. The fourth-order valence-electron chi connectivity index (χ4n) is 0.622. The zero-order valence-corrected chi connectivity index (χ0v) is 9.22. The Morgan fingerprint density at radius 2 is 2.36 bits per heavy atom. The first-order chi connectivity index (χ1) is 5.25. The molecule has 0 N–H and O–H groups in total. The van der Waals surface area contributed by atoms with E-state index in [1.807, 2.05) is 11.5 Å². The van der Waals surface area contributed by atoms with Gasteiger partial charge in [0.05, 0.1) is 6.33 Å². The number of nitrogens with zero attached hydrogens (tertiary/aromatic N) is 2. The van der Waals surface area contributed by atoms with E-state index in [1.165, 1.54) is 0 Å². The van der Waals surface area contributed by atoms with Crippen LogP contribution in [-0.2, 0) is 11.5 Å². The molecule has 1 aromatic rings. The molecule has 0 saturated carbocycles. The summed E-state index contributed by atoms with van der Waals surface area (Å²) in [4.78, 5) is 4.02. The SMILES string of the molecule is CCOCn1cnc(Br)c1Br. The Morgan fingerprint density at radius 3 is 2.82 bits per heavy atom. The van der Waals surface area contributed by atoms with E-state index in [1.54, 1.807) is 6.33 Å². The molecule has 11 heavy (non-hydrogen) atoms. The van der Waals surface area contributed by atoms with Gasteiger partial charge in [0.1, 0.15) is 15.9 Å². The van der Waals surface area contributed by atoms with E-state index in [0.717, 1.165) is 9.21 Å². The van der Waals surface area contributed by atoms with Gasteiger partial charge >= 0.3 is 0 Å². The van der Waals surface area contributed by atoms with Crippen LogP contribution in [0.2, 0.25) is 0 Å². The topological polar surface area (TPSA) is 27.1 Å². The summed E-state index contributed by atoms with van der Waals surface area (Å²) in [5.41, 5.74) is 0. The van der Waals surface area contributed by atoms with Crippen molar-refractivity contribution >= 4 is 31.9 Å². The van der Waals surface area contributed by atoms with Crippen molar-refractivity contribution in [3.05, 3.63) is 15.5 Å². The standard InChI is InChI=1S/C6H8Br2N2O/c1-2-11-4-10-3-9-5(7)6(10)8/h3H,2,4H2,1H3. The number of hydrogen-bond donors (Lipinski definition) is 0. The number of ether oxygens (including phenoxy) is 1. The molecule has 1 aromatic heterocycles. The first-order valence-corrected chi connectivity index (χ1v) is 4.78. The predicted molar refractivity (Wildman–Crippen MR) is 49.3 cm³/mol. The molecule has 0 aliphatic rings. The van der Waals surface area contributed by atoms with E-state index in [9.17, 15) is 0 Å². The number of rotatable bonds is 3. The van der Waals surface area contributed by atoms with Crippen LogP contribution < -0.4 is 0 Å². The van der Waals surface area contributed by atoms with Crippen LogP contribution in [0.4, 0.5) is 0 Å². The molecular formula is C6H8Br2N2O. The normalized spacial score (nSPS) is 10.5. The highest BCUT2D eigenvalue weighted by Crippen LogP contribution is 2.20. The molecule has 0 unspecified atom stereocenters. The maximum Gasteiger partial charge on any atom is 0.138 e. The van der Waals surface area contributed by atoms with E-state index in [-0.39, 0.29) is 0 Å². The highest BCUT2D eigenvalue weighted by Gasteiger charge is 2.03. The number of imidazole rings is 1. The average Bonchev–Trinajstić information content (AvgIpc) is 2.31.